The summed E-state index contributed by atoms with van der Waals surface area (Å²) in [5.41, 5.74) is 1.93. The Bertz CT molecular complexity index is 628. The van der Waals surface area contributed by atoms with Crippen LogP contribution in [0.25, 0.3) is 0 Å². The maximum atomic E-state index is 12.1. The van der Waals surface area contributed by atoms with Crippen LogP contribution in [0.15, 0.2) is 23.0 Å². The highest BCUT2D eigenvalue weighted by Gasteiger charge is 2.23. The van der Waals surface area contributed by atoms with Gasteiger partial charge in [0.15, 0.2) is 0 Å². The van der Waals surface area contributed by atoms with E-state index in [1.54, 1.807) is 13.0 Å². The Morgan fingerprint density at radius 3 is 2.94 bits per heavy atom. The van der Waals surface area contributed by atoms with Crippen LogP contribution in [0.3, 0.4) is 0 Å². The summed E-state index contributed by atoms with van der Waals surface area (Å²) in [7, 11) is 0. The third kappa shape index (κ3) is 1.81. The van der Waals surface area contributed by atoms with Gasteiger partial charge in [0.2, 0.25) is 0 Å². The lowest BCUT2D eigenvalue weighted by Gasteiger charge is -2.09. The first kappa shape index (κ1) is 12.1. The monoisotopic (exact) mass is 248 g/mol. The van der Waals surface area contributed by atoms with Gasteiger partial charge in [-0.05, 0) is 24.1 Å². The van der Waals surface area contributed by atoms with Crippen molar-refractivity contribution in [2.45, 2.75) is 20.1 Å². The molecular formula is C12H12N2O4. The Morgan fingerprint density at radius 2 is 2.33 bits per heavy atom. The van der Waals surface area contributed by atoms with E-state index in [-0.39, 0.29) is 24.4 Å². The number of carboxylic acid groups (broad SMARTS) is 1. The van der Waals surface area contributed by atoms with Crippen molar-refractivity contribution >= 4 is 11.9 Å². The molecule has 2 heterocycles. The van der Waals surface area contributed by atoms with Crippen molar-refractivity contribution in [3.63, 3.8) is 0 Å². The molecule has 2 rings (SSSR count). The number of aryl methyl sites for hydroxylation is 1. The number of aromatic nitrogens is 1. The average molecular weight is 248 g/mol. The minimum Gasteiger partial charge on any atom is -0.450 e. The highest BCUT2D eigenvalue weighted by Crippen LogP contribution is 2.19. The molecule has 0 spiro atoms. The van der Waals surface area contributed by atoms with Crippen LogP contribution >= 0.6 is 0 Å². The fraction of sp³-hybridized carbons (Fsp3) is 0.250. The van der Waals surface area contributed by atoms with E-state index in [0.717, 1.165) is 0 Å². The predicted octanol–water partition coefficient (Wildman–Crippen LogP) is 1.29. The number of pyridine rings is 1. The second-order valence-corrected chi connectivity index (χ2v) is 4.12. The molecule has 6 heteroatoms. The van der Waals surface area contributed by atoms with Crippen molar-refractivity contribution in [3.05, 3.63) is 45.4 Å². The normalized spacial score (nSPS) is 13.6. The van der Waals surface area contributed by atoms with Crippen molar-refractivity contribution in [2.75, 3.05) is 0 Å². The van der Waals surface area contributed by atoms with Gasteiger partial charge in [0.25, 0.3) is 5.56 Å². The molecule has 94 valence electrons. The van der Waals surface area contributed by atoms with Gasteiger partial charge in [-0.15, -0.1) is 0 Å². The zero-order valence-electron chi connectivity index (χ0n) is 9.82. The smallest absolute Gasteiger partial charge is 0.450 e. The summed E-state index contributed by atoms with van der Waals surface area (Å²) in [5.74, 6) is 0. The molecule has 0 saturated heterocycles. The highest BCUT2D eigenvalue weighted by molar-refractivity contribution is 6.11. The lowest BCUT2D eigenvalue weighted by Crippen LogP contribution is -2.26. The molecule has 6 nitrogen and oxygen atoms in total. The first-order valence-electron chi connectivity index (χ1n) is 5.28. The molecule has 2 N–H and O–H groups in total. The standard InChI is InChI=1S/C12H12N2O4/c1-6-3-9-10(13)7(2)4-14(9)11(15)8(6)5-18-12(16)17/h3,13H,2,4-5H2,1H3,(H,16,17). The van der Waals surface area contributed by atoms with E-state index in [1.165, 1.54) is 4.57 Å². The summed E-state index contributed by atoms with van der Waals surface area (Å²) in [5, 5.41) is 16.2. The SMILES string of the molecule is C=C1Cn2c(cc(C)c(COC(=O)O)c2=O)C1=N. The van der Waals surface area contributed by atoms with Crippen LogP contribution in [0, 0.1) is 12.3 Å². The summed E-state index contributed by atoms with van der Waals surface area (Å²) in [6.07, 6.45) is -1.42. The summed E-state index contributed by atoms with van der Waals surface area (Å²) in [6, 6.07) is 1.68. The molecule has 1 aromatic heterocycles. The number of allylic oxidation sites excluding steroid dienone is 1. The van der Waals surface area contributed by atoms with Gasteiger partial charge in [0, 0.05) is 0 Å². The number of carbonyl (C=O) groups is 1. The van der Waals surface area contributed by atoms with E-state index < -0.39 is 6.16 Å². The molecular weight excluding hydrogens is 236 g/mol. The van der Waals surface area contributed by atoms with Gasteiger partial charge in [-0.2, -0.15) is 0 Å². The predicted molar refractivity (Wildman–Crippen MR) is 64.2 cm³/mol. The molecule has 1 aromatic rings. The Hall–Kier alpha value is -2.37. The van der Waals surface area contributed by atoms with E-state index in [9.17, 15) is 9.59 Å². The molecule has 0 aliphatic carbocycles. The Labute approximate surface area is 103 Å². The van der Waals surface area contributed by atoms with Crippen molar-refractivity contribution in [3.8, 4) is 0 Å². The summed E-state index contributed by atoms with van der Waals surface area (Å²) in [6.45, 7) is 5.40. The molecule has 1 aliphatic heterocycles. The second-order valence-electron chi connectivity index (χ2n) is 4.12. The van der Waals surface area contributed by atoms with E-state index in [2.05, 4.69) is 11.3 Å². The van der Waals surface area contributed by atoms with E-state index in [1.807, 2.05) is 0 Å². The van der Waals surface area contributed by atoms with Gasteiger partial charge in [-0.3, -0.25) is 10.2 Å². The quantitative estimate of drug-likeness (QED) is 0.771. The van der Waals surface area contributed by atoms with Crippen LogP contribution in [-0.4, -0.2) is 21.5 Å². The molecule has 0 amide bonds. The molecule has 0 fully saturated rings. The minimum atomic E-state index is -1.42. The van der Waals surface area contributed by atoms with Crippen LogP contribution in [0.5, 0.6) is 0 Å². The number of ether oxygens (including phenoxy) is 1. The van der Waals surface area contributed by atoms with Crippen molar-refractivity contribution in [1.82, 2.24) is 4.57 Å². The Balaban J connectivity index is 2.50. The Kier molecular flexibility index (Phi) is 2.78. The van der Waals surface area contributed by atoms with Crippen molar-refractivity contribution in [1.29, 1.82) is 5.41 Å². The first-order chi connectivity index (χ1) is 8.41. The highest BCUT2D eigenvalue weighted by atomic mass is 16.7. The maximum absolute atomic E-state index is 12.1. The Morgan fingerprint density at radius 1 is 1.67 bits per heavy atom. The van der Waals surface area contributed by atoms with E-state index >= 15 is 0 Å². The molecule has 0 radical (unpaired) electrons. The van der Waals surface area contributed by atoms with E-state index in [4.69, 9.17) is 10.5 Å². The van der Waals surface area contributed by atoms with Crippen LogP contribution in [0.4, 0.5) is 4.79 Å². The third-order valence-electron chi connectivity index (χ3n) is 2.92. The topological polar surface area (TPSA) is 92.4 Å². The lowest BCUT2D eigenvalue weighted by molar-refractivity contribution is 0.0848. The van der Waals surface area contributed by atoms with E-state index in [0.29, 0.717) is 22.4 Å². The first-order valence-corrected chi connectivity index (χ1v) is 5.28. The number of hydrogen-bond donors (Lipinski definition) is 2. The van der Waals surface area contributed by atoms with Gasteiger partial charge in [0.1, 0.15) is 6.61 Å². The van der Waals surface area contributed by atoms with Crippen LogP contribution in [0.1, 0.15) is 16.8 Å². The third-order valence-corrected chi connectivity index (χ3v) is 2.92. The van der Waals surface area contributed by atoms with Gasteiger partial charge < -0.3 is 14.4 Å². The lowest BCUT2D eigenvalue weighted by atomic mass is 10.1. The molecule has 1 aliphatic rings. The molecule has 0 bridgehead atoms. The van der Waals surface area contributed by atoms with Gasteiger partial charge >= 0.3 is 6.16 Å². The van der Waals surface area contributed by atoms with Crippen molar-refractivity contribution < 1.29 is 14.6 Å². The van der Waals surface area contributed by atoms with Gasteiger partial charge in [-0.25, -0.2) is 4.79 Å². The fourth-order valence-electron chi connectivity index (χ4n) is 1.94. The molecule has 0 atom stereocenters. The van der Waals surface area contributed by atoms with Crippen LogP contribution < -0.4 is 5.56 Å². The second kappa shape index (κ2) is 4.14. The van der Waals surface area contributed by atoms with Crippen LogP contribution in [-0.2, 0) is 17.9 Å². The summed E-state index contributed by atoms with van der Waals surface area (Å²) < 4.78 is 5.85. The zero-order chi connectivity index (χ0) is 13.4. The summed E-state index contributed by atoms with van der Waals surface area (Å²) >= 11 is 0. The van der Waals surface area contributed by atoms with Crippen molar-refractivity contribution in [2.24, 2.45) is 0 Å². The van der Waals surface area contributed by atoms with Crippen LogP contribution in [0.2, 0.25) is 0 Å². The number of nitrogens with zero attached hydrogens (tertiary/aromatic N) is 1. The van der Waals surface area contributed by atoms with Gasteiger partial charge in [-0.1, -0.05) is 6.58 Å². The summed E-state index contributed by atoms with van der Waals surface area (Å²) in [4.78, 5) is 22.5. The molecule has 18 heavy (non-hydrogen) atoms. The molecule has 0 aromatic carbocycles. The number of hydrogen-bond acceptors (Lipinski definition) is 4. The number of rotatable bonds is 2. The largest absolute Gasteiger partial charge is 0.506 e. The average Bonchev–Trinajstić information content (AvgIpc) is 2.56. The maximum Gasteiger partial charge on any atom is 0.506 e. The molecule has 0 unspecified atom stereocenters. The fourth-order valence-corrected chi connectivity index (χ4v) is 1.94. The number of fused-ring (bicyclic) bond motifs is 1. The van der Waals surface area contributed by atoms with Gasteiger partial charge in [0.05, 0.1) is 23.5 Å². The minimum absolute atomic E-state index is 0.251. The number of nitrogens with one attached hydrogen (secondary N) is 1. The zero-order valence-corrected chi connectivity index (χ0v) is 9.82. The molecule has 0 saturated carbocycles.